The van der Waals surface area contributed by atoms with Gasteiger partial charge in [-0.15, -0.1) is 0 Å². The van der Waals surface area contributed by atoms with E-state index < -0.39 is 0 Å². The first-order valence-corrected chi connectivity index (χ1v) is 4.78. The van der Waals surface area contributed by atoms with Crippen molar-refractivity contribution in [2.45, 2.75) is 25.7 Å². The van der Waals surface area contributed by atoms with Crippen molar-refractivity contribution in [3.05, 3.63) is 0 Å². The second-order valence-electron chi connectivity index (χ2n) is 3.66. The van der Waals surface area contributed by atoms with Crippen molar-refractivity contribution >= 4 is 23.0 Å². The smallest absolute Gasteiger partial charge is 0.184 e. The van der Waals surface area contributed by atoms with Gasteiger partial charge >= 0.3 is 0 Å². The van der Waals surface area contributed by atoms with Crippen LogP contribution in [0.15, 0.2) is 5.10 Å². The second kappa shape index (κ2) is 3.01. The first-order chi connectivity index (χ1) is 5.75. The van der Waals surface area contributed by atoms with Crippen molar-refractivity contribution in [2.24, 2.45) is 22.7 Å². The summed E-state index contributed by atoms with van der Waals surface area (Å²) in [4.78, 5) is 0. The highest BCUT2D eigenvalue weighted by Gasteiger charge is 2.36. The summed E-state index contributed by atoms with van der Waals surface area (Å²) in [6.07, 6.45) is 5.18. The summed E-state index contributed by atoms with van der Waals surface area (Å²) in [6.45, 7) is 0. The van der Waals surface area contributed by atoms with Crippen molar-refractivity contribution in [3.63, 3.8) is 0 Å². The fourth-order valence-corrected chi connectivity index (χ4v) is 2.33. The number of fused-ring (bicyclic) bond motifs is 2. The molecule has 12 heavy (non-hydrogen) atoms. The molecule has 0 amide bonds. The molecule has 0 heterocycles. The number of thiocarbonyl (C=S) groups is 1. The highest BCUT2D eigenvalue weighted by Crippen LogP contribution is 2.42. The van der Waals surface area contributed by atoms with E-state index in [4.69, 9.17) is 5.73 Å². The van der Waals surface area contributed by atoms with Crippen LogP contribution in [-0.2, 0) is 0 Å². The molecular weight excluding hydrogens is 170 g/mol. The average molecular weight is 183 g/mol. The number of hydrazone groups is 1. The van der Waals surface area contributed by atoms with E-state index in [9.17, 15) is 0 Å². The fraction of sp³-hybridized carbons (Fsp3) is 0.750. The van der Waals surface area contributed by atoms with Crippen molar-refractivity contribution < 1.29 is 0 Å². The number of hydrogen-bond donors (Lipinski definition) is 2. The lowest BCUT2D eigenvalue weighted by atomic mass is 9.99. The SMILES string of the molecule is NC(=S)NN=C1CC2CCC1C2. The zero-order chi connectivity index (χ0) is 8.55. The van der Waals surface area contributed by atoms with Crippen LogP contribution in [0.5, 0.6) is 0 Å². The van der Waals surface area contributed by atoms with Crippen LogP contribution in [-0.4, -0.2) is 10.8 Å². The number of hydrogen-bond acceptors (Lipinski definition) is 2. The first kappa shape index (κ1) is 7.98. The Labute approximate surface area is 77.4 Å². The molecule has 0 aliphatic heterocycles. The van der Waals surface area contributed by atoms with E-state index in [1.807, 2.05) is 0 Å². The van der Waals surface area contributed by atoms with E-state index in [2.05, 4.69) is 22.7 Å². The van der Waals surface area contributed by atoms with Crippen LogP contribution in [0.1, 0.15) is 25.7 Å². The minimum Gasteiger partial charge on any atom is -0.375 e. The van der Waals surface area contributed by atoms with Gasteiger partial charge in [0.25, 0.3) is 0 Å². The van der Waals surface area contributed by atoms with Gasteiger partial charge in [-0.25, -0.2) is 0 Å². The second-order valence-corrected chi connectivity index (χ2v) is 4.10. The summed E-state index contributed by atoms with van der Waals surface area (Å²) >= 11 is 4.68. The molecule has 66 valence electrons. The van der Waals surface area contributed by atoms with Gasteiger partial charge in [0.05, 0.1) is 0 Å². The van der Waals surface area contributed by atoms with Crippen LogP contribution in [0.25, 0.3) is 0 Å². The number of nitrogens with zero attached hydrogens (tertiary/aromatic N) is 1. The van der Waals surface area contributed by atoms with Crippen LogP contribution in [0.2, 0.25) is 0 Å². The average Bonchev–Trinajstić information content (AvgIpc) is 2.60. The number of nitrogens with one attached hydrogen (secondary N) is 1. The summed E-state index contributed by atoms with van der Waals surface area (Å²) in [7, 11) is 0. The normalized spacial score (nSPS) is 35.8. The lowest BCUT2D eigenvalue weighted by Crippen LogP contribution is -2.26. The largest absolute Gasteiger partial charge is 0.375 e. The molecule has 2 rings (SSSR count). The van der Waals surface area contributed by atoms with Gasteiger partial charge in [-0.05, 0) is 49.7 Å². The third-order valence-corrected chi connectivity index (χ3v) is 2.91. The van der Waals surface area contributed by atoms with E-state index in [1.54, 1.807) is 0 Å². The molecule has 0 aromatic rings. The van der Waals surface area contributed by atoms with Crippen LogP contribution < -0.4 is 11.2 Å². The van der Waals surface area contributed by atoms with Gasteiger partial charge in [-0.1, -0.05) is 0 Å². The molecule has 0 aromatic carbocycles. The molecule has 0 aromatic heterocycles. The standard InChI is InChI=1S/C8H13N3S/c9-8(12)11-10-7-4-5-1-2-6(7)3-5/h5-6H,1-4H2,(H3,9,11,12). The first-order valence-electron chi connectivity index (χ1n) is 4.37. The van der Waals surface area contributed by atoms with Crippen LogP contribution in [0, 0.1) is 11.8 Å². The van der Waals surface area contributed by atoms with E-state index in [1.165, 1.54) is 25.0 Å². The minimum atomic E-state index is 0.269. The summed E-state index contributed by atoms with van der Waals surface area (Å²) < 4.78 is 0. The third-order valence-electron chi connectivity index (χ3n) is 2.82. The van der Waals surface area contributed by atoms with Gasteiger partial charge in [0.2, 0.25) is 0 Å². The van der Waals surface area contributed by atoms with Crippen LogP contribution in [0.3, 0.4) is 0 Å². The van der Waals surface area contributed by atoms with E-state index in [-0.39, 0.29) is 5.11 Å². The van der Waals surface area contributed by atoms with E-state index in [0.717, 1.165) is 18.3 Å². The number of nitrogens with two attached hydrogens (primary N) is 1. The molecule has 0 spiro atoms. The van der Waals surface area contributed by atoms with Crippen molar-refractivity contribution in [1.82, 2.24) is 5.43 Å². The monoisotopic (exact) mass is 183 g/mol. The van der Waals surface area contributed by atoms with Gasteiger partial charge < -0.3 is 5.73 Å². The lowest BCUT2D eigenvalue weighted by Gasteiger charge is -2.11. The Balaban J connectivity index is 1.97. The van der Waals surface area contributed by atoms with Crippen molar-refractivity contribution in [1.29, 1.82) is 0 Å². The summed E-state index contributed by atoms with van der Waals surface area (Å²) in [5.74, 6) is 1.61. The molecule has 0 saturated heterocycles. The molecule has 3 nitrogen and oxygen atoms in total. The van der Waals surface area contributed by atoms with Gasteiger partial charge in [-0.2, -0.15) is 5.10 Å². The summed E-state index contributed by atoms with van der Waals surface area (Å²) in [6, 6.07) is 0. The molecule has 2 aliphatic carbocycles. The molecule has 4 heteroatoms. The minimum absolute atomic E-state index is 0.269. The molecule has 2 aliphatic rings. The zero-order valence-electron chi connectivity index (χ0n) is 6.92. The molecule has 2 fully saturated rings. The molecule has 2 bridgehead atoms. The van der Waals surface area contributed by atoms with Crippen LogP contribution in [0.4, 0.5) is 0 Å². The summed E-state index contributed by atoms with van der Waals surface area (Å²) in [5, 5.41) is 4.47. The van der Waals surface area contributed by atoms with Gasteiger partial charge in [0.15, 0.2) is 5.11 Å². The molecular formula is C8H13N3S. The molecule has 2 unspecified atom stereocenters. The number of rotatable bonds is 1. The Bertz CT molecular complexity index is 236. The topological polar surface area (TPSA) is 50.4 Å². The zero-order valence-corrected chi connectivity index (χ0v) is 7.73. The maximum absolute atomic E-state index is 5.28. The van der Waals surface area contributed by atoms with Crippen molar-refractivity contribution in [3.8, 4) is 0 Å². The molecule has 2 saturated carbocycles. The Hall–Kier alpha value is -0.640. The third kappa shape index (κ3) is 1.43. The van der Waals surface area contributed by atoms with Gasteiger partial charge in [0, 0.05) is 5.71 Å². The van der Waals surface area contributed by atoms with Gasteiger partial charge in [-0.3, -0.25) is 5.43 Å². The Kier molecular flexibility index (Phi) is 2.00. The molecule has 3 N–H and O–H groups in total. The molecule has 2 atom stereocenters. The summed E-state index contributed by atoms with van der Waals surface area (Å²) in [5.41, 5.74) is 9.23. The molecule has 0 radical (unpaired) electrons. The predicted molar refractivity (Wildman–Crippen MR) is 52.8 cm³/mol. The van der Waals surface area contributed by atoms with E-state index >= 15 is 0 Å². The maximum Gasteiger partial charge on any atom is 0.184 e. The highest BCUT2D eigenvalue weighted by molar-refractivity contribution is 7.80. The Morgan fingerprint density at radius 1 is 1.58 bits per heavy atom. The van der Waals surface area contributed by atoms with E-state index in [0.29, 0.717) is 0 Å². The Morgan fingerprint density at radius 2 is 2.42 bits per heavy atom. The van der Waals surface area contributed by atoms with Crippen molar-refractivity contribution in [2.75, 3.05) is 0 Å². The van der Waals surface area contributed by atoms with Crippen LogP contribution >= 0.6 is 12.2 Å². The van der Waals surface area contributed by atoms with Gasteiger partial charge in [0.1, 0.15) is 0 Å². The lowest BCUT2D eigenvalue weighted by molar-refractivity contribution is 0.590. The Morgan fingerprint density at radius 3 is 2.92 bits per heavy atom. The maximum atomic E-state index is 5.28. The highest BCUT2D eigenvalue weighted by atomic mass is 32.1. The fourth-order valence-electron chi connectivity index (χ4n) is 2.29. The quantitative estimate of drug-likeness (QED) is 0.471. The predicted octanol–water partition coefficient (Wildman–Crippen LogP) is 0.996.